The molecule has 0 saturated heterocycles. The Labute approximate surface area is 310 Å². The quantitative estimate of drug-likeness (QED) is 0.170. The van der Waals surface area contributed by atoms with Gasteiger partial charge in [0.25, 0.3) is 0 Å². The van der Waals surface area contributed by atoms with Crippen LogP contribution in [0.15, 0.2) is 194 Å². The summed E-state index contributed by atoms with van der Waals surface area (Å²) in [6, 6.07) is 70.7. The highest BCUT2D eigenvalue weighted by atomic mass is 15.1. The summed E-state index contributed by atoms with van der Waals surface area (Å²) in [4.78, 5) is 2.38. The normalized spacial score (nSPS) is 12.9. The van der Waals surface area contributed by atoms with Crippen molar-refractivity contribution in [3.63, 3.8) is 0 Å². The van der Waals surface area contributed by atoms with E-state index in [-0.39, 0.29) is 5.41 Å². The average molecular weight is 679 g/mol. The van der Waals surface area contributed by atoms with Crippen LogP contribution in [0.3, 0.4) is 0 Å². The topological polar surface area (TPSA) is 8.17 Å². The summed E-state index contributed by atoms with van der Waals surface area (Å²) in [5.74, 6) is 0. The van der Waals surface area contributed by atoms with E-state index in [1.807, 2.05) is 0 Å². The lowest BCUT2D eigenvalue weighted by Gasteiger charge is -2.28. The van der Waals surface area contributed by atoms with Crippen LogP contribution in [0, 0.1) is 0 Å². The minimum atomic E-state index is -0.0783. The van der Waals surface area contributed by atoms with Crippen molar-refractivity contribution < 1.29 is 0 Å². The Balaban J connectivity index is 1.11. The van der Waals surface area contributed by atoms with Crippen molar-refractivity contribution >= 4 is 38.9 Å². The fraction of sp³-hybridized carbons (Fsp3) is 0.0588. The van der Waals surface area contributed by atoms with Crippen LogP contribution in [0.2, 0.25) is 0 Å². The average Bonchev–Trinajstić information content (AvgIpc) is 3.67. The second-order valence-corrected chi connectivity index (χ2v) is 14.6. The monoisotopic (exact) mass is 678 g/mol. The number of hydrogen-bond acceptors (Lipinski definition) is 1. The molecule has 9 aromatic rings. The van der Waals surface area contributed by atoms with Gasteiger partial charge in [0, 0.05) is 44.4 Å². The van der Waals surface area contributed by atoms with Crippen molar-refractivity contribution in [2.45, 2.75) is 19.3 Å². The van der Waals surface area contributed by atoms with Crippen LogP contribution in [0.5, 0.6) is 0 Å². The number of rotatable bonds is 6. The predicted octanol–water partition coefficient (Wildman–Crippen LogP) is 13.9. The zero-order valence-electron chi connectivity index (χ0n) is 29.9. The number of para-hydroxylation sites is 4. The summed E-state index contributed by atoms with van der Waals surface area (Å²) in [5, 5.41) is 2.51. The SMILES string of the molecule is CC1(C)c2ccccc2-c2ccc(N(c3ccccc3)c3ccc(-c4ccccc4-n4c5ccccc5c5cccc(-c6ccccc6)c54)cc3)cc21. The zero-order chi connectivity index (χ0) is 35.5. The van der Waals surface area contributed by atoms with Gasteiger partial charge in [0.2, 0.25) is 0 Å². The highest BCUT2D eigenvalue weighted by Gasteiger charge is 2.35. The zero-order valence-corrected chi connectivity index (χ0v) is 29.9. The van der Waals surface area contributed by atoms with Crippen LogP contribution in [-0.4, -0.2) is 4.57 Å². The molecule has 1 aromatic heterocycles. The summed E-state index contributed by atoms with van der Waals surface area (Å²) in [6.45, 7) is 4.70. The highest BCUT2D eigenvalue weighted by molar-refractivity contribution is 6.14. The maximum Gasteiger partial charge on any atom is 0.0619 e. The molecule has 53 heavy (non-hydrogen) atoms. The molecular weight excluding hydrogens is 641 g/mol. The van der Waals surface area contributed by atoms with Crippen molar-refractivity contribution in [3.8, 4) is 39.1 Å². The van der Waals surface area contributed by atoms with Gasteiger partial charge in [-0.3, -0.25) is 0 Å². The van der Waals surface area contributed by atoms with Gasteiger partial charge in [-0.15, -0.1) is 0 Å². The van der Waals surface area contributed by atoms with Gasteiger partial charge in [-0.1, -0.05) is 159 Å². The molecular formula is C51H38N2. The largest absolute Gasteiger partial charge is 0.310 e. The number of aromatic nitrogens is 1. The maximum atomic E-state index is 2.47. The van der Waals surface area contributed by atoms with Crippen LogP contribution in [0.1, 0.15) is 25.0 Å². The molecule has 1 heterocycles. The molecule has 2 nitrogen and oxygen atoms in total. The Morgan fingerprint density at radius 3 is 1.77 bits per heavy atom. The van der Waals surface area contributed by atoms with E-state index in [1.54, 1.807) is 0 Å². The van der Waals surface area contributed by atoms with Crippen molar-refractivity contribution in [2.24, 2.45) is 0 Å². The van der Waals surface area contributed by atoms with Gasteiger partial charge in [-0.05, 0) is 81.9 Å². The number of fused-ring (bicyclic) bond motifs is 6. The first kappa shape index (κ1) is 31.1. The van der Waals surface area contributed by atoms with Gasteiger partial charge in [0.1, 0.15) is 0 Å². The smallest absolute Gasteiger partial charge is 0.0619 e. The lowest BCUT2D eigenvalue weighted by atomic mass is 9.82. The van der Waals surface area contributed by atoms with E-state index in [4.69, 9.17) is 0 Å². The summed E-state index contributed by atoms with van der Waals surface area (Å²) in [7, 11) is 0. The molecule has 0 unspecified atom stereocenters. The van der Waals surface area contributed by atoms with Crippen LogP contribution < -0.4 is 4.90 Å². The first-order valence-corrected chi connectivity index (χ1v) is 18.4. The summed E-state index contributed by atoms with van der Waals surface area (Å²) in [6.07, 6.45) is 0. The number of hydrogen-bond donors (Lipinski definition) is 0. The fourth-order valence-corrected chi connectivity index (χ4v) is 8.68. The molecule has 0 N–H and O–H groups in total. The summed E-state index contributed by atoms with van der Waals surface area (Å²) in [5.41, 5.74) is 17.1. The van der Waals surface area contributed by atoms with Crippen LogP contribution in [0.4, 0.5) is 17.1 Å². The van der Waals surface area contributed by atoms with Crippen molar-refractivity contribution in [1.29, 1.82) is 0 Å². The van der Waals surface area contributed by atoms with Crippen molar-refractivity contribution in [2.75, 3.05) is 4.90 Å². The third-order valence-corrected chi connectivity index (χ3v) is 11.2. The predicted molar refractivity (Wildman–Crippen MR) is 224 cm³/mol. The van der Waals surface area contributed by atoms with Crippen LogP contribution in [-0.2, 0) is 5.41 Å². The molecule has 1 aliphatic carbocycles. The van der Waals surface area contributed by atoms with Crippen molar-refractivity contribution in [3.05, 3.63) is 205 Å². The van der Waals surface area contributed by atoms with E-state index >= 15 is 0 Å². The second-order valence-electron chi connectivity index (χ2n) is 14.6. The molecule has 0 saturated carbocycles. The lowest BCUT2D eigenvalue weighted by molar-refractivity contribution is 0.660. The van der Waals surface area contributed by atoms with Gasteiger partial charge in [0.15, 0.2) is 0 Å². The molecule has 252 valence electrons. The van der Waals surface area contributed by atoms with Gasteiger partial charge < -0.3 is 9.47 Å². The Morgan fingerprint density at radius 1 is 0.396 bits per heavy atom. The molecule has 2 heteroatoms. The van der Waals surface area contributed by atoms with E-state index in [2.05, 4.69) is 217 Å². The third kappa shape index (κ3) is 4.94. The molecule has 0 radical (unpaired) electrons. The first-order valence-electron chi connectivity index (χ1n) is 18.4. The van der Waals surface area contributed by atoms with Gasteiger partial charge in [0.05, 0.1) is 16.7 Å². The molecule has 0 bridgehead atoms. The number of nitrogens with zero attached hydrogens (tertiary/aromatic N) is 2. The molecule has 10 rings (SSSR count). The minimum absolute atomic E-state index is 0.0783. The molecule has 1 aliphatic rings. The molecule has 8 aromatic carbocycles. The summed E-state index contributed by atoms with van der Waals surface area (Å²) < 4.78 is 2.47. The standard InChI is InChI=1S/C51H38N2/c1-51(2)46-25-12-9-21-42(46)43-33-32-39(34-47(43)51)52(37-18-7-4-8-19-37)38-30-28-36(29-31-38)40-20-10-13-26-48(40)53-49-27-14-11-22-44(49)45-24-15-23-41(50(45)53)35-16-5-3-6-17-35/h3-34H,1-2H3. The van der Waals surface area contributed by atoms with Gasteiger partial charge in [-0.2, -0.15) is 0 Å². The van der Waals surface area contributed by atoms with E-state index < -0.39 is 0 Å². The Hall–Kier alpha value is -6.64. The second kappa shape index (κ2) is 12.3. The minimum Gasteiger partial charge on any atom is -0.310 e. The molecule has 0 spiro atoms. The maximum absolute atomic E-state index is 2.47. The van der Waals surface area contributed by atoms with E-state index in [0.29, 0.717) is 0 Å². The third-order valence-electron chi connectivity index (χ3n) is 11.2. The van der Waals surface area contributed by atoms with Gasteiger partial charge >= 0.3 is 0 Å². The number of anilines is 3. The first-order chi connectivity index (χ1) is 26.1. The molecule has 0 amide bonds. The van der Waals surface area contributed by atoms with Crippen molar-refractivity contribution in [1.82, 2.24) is 4.57 Å². The Bertz CT molecular complexity index is 2790. The lowest BCUT2D eigenvalue weighted by Crippen LogP contribution is -2.16. The van der Waals surface area contributed by atoms with Crippen LogP contribution >= 0.6 is 0 Å². The van der Waals surface area contributed by atoms with Gasteiger partial charge in [-0.25, -0.2) is 0 Å². The molecule has 0 aliphatic heterocycles. The Morgan fingerprint density at radius 2 is 0.962 bits per heavy atom. The molecule has 0 fully saturated rings. The fourth-order valence-electron chi connectivity index (χ4n) is 8.68. The van der Waals surface area contributed by atoms with E-state index in [9.17, 15) is 0 Å². The highest BCUT2D eigenvalue weighted by Crippen LogP contribution is 2.50. The van der Waals surface area contributed by atoms with E-state index in [0.717, 1.165) is 22.7 Å². The number of benzene rings is 8. The summed E-state index contributed by atoms with van der Waals surface area (Å²) >= 11 is 0. The van der Waals surface area contributed by atoms with Crippen LogP contribution in [0.25, 0.3) is 60.9 Å². The molecule has 0 atom stereocenters. The Kier molecular flexibility index (Phi) is 7.19. The van der Waals surface area contributed by atoms with E-state index in [1.165, 1.54) is 66.3 Å².